The lowest BCUT2D eigenvalue weighted by atomic mass is 9.69. The molecule has 0 radical (unpaired) electrons. The van der Waals surface area contributed by atoms with E-state index in [9.17, 15) is 0 Å². The molecule has 1 saturated carbocycles. The fourth-order valence-corrected chi connectivity index (χ4v) is 10.8. The highest BCUT2D eigenvalue weighted by molar-refractivity contribution is 5.85. The normalized spacial score (nSPS) is 15.4. The quantitative estimate of drug-likeness (QED) is 0.101. The largest absolute Gasteiger partial charge is 0.311 e. The summed E-state index contributed by atoms with van der Waals surface area (Å²) in [6, 6.07) is 66.3. The first-order chi connectivity index (χ1) is 29.9. The van der Waals surface area contributed by atoms with E-state index in [2.05, 4.69) is 213 Å². The van der Waals surface area contributed by atoms with E-state index in [1.807, 2.05) is 0 Å². The summed E-state index contributed by atoms with van der Waals surface area (Å²) in [6.45, 7) is 9.44. The van der Waals surface area contributed by atoms with Crippen LogP contribution in [0.15, 0.2) is 176 Å². The van der Waals surface area contributed by atoms with Gasteiger partial charge >= 0.3 is 0 Å². The van der Waals surface area contributed by atoms with E-state index in [0.717, 1.165) is 18.5 Å². The summed E-state index contributed by atoms with van der Waals surface area (Å²) < 4.78 is 0. The Morgan fingerprint density at radius 1 is 0.475 bits per heavy atom. The lowest BCUT2D eigenvalue weighted by molar-refractivity contribution is 0.431. The Morgan fingerprint density at radius 2 is 0.951 bits per heavy atom. The van der Waals surface area contributed by atoms with Crippen LogP contribution in [0.5, 0.6) is 0 Å². The van der Waals surface area contributed by atoms with Gasteiger partial charge in [0.1, 0.15) is 0 Å². The number of rotatable bonds is 14. The van der Waals surface area contributed by atoms with Crippen molar-refractivity contribution >= 4 is 34.1 Å². The van der Waals surface area contributed by atoms with Crippen LogP contribution in [-0.2, 0) is 10.8 Å². The first kappa shape index (κ1) is 40.5. The number of unbranched alkanes of at least 4 members (excludes halogenated alkanes) is 2. The van der Waals surface area contributed by atoms with Gasteiger partial charge in [-0.15, -0.1) is 0 Å². The van der Waals surface area contributed by atoms with E-state index in [-0.39, 0.29) is 10.8 Å². The molecule has 61 heavy (non-hydrogen) atoms. The Kier molecular flexibility index (Phi) is 11.7. The molecule has 0 amide bonds. The molecule has 0 bridgehead atoms. The molecule has 2 nitrogen and oxygen atoms in total. The molecule has 0 saturated heterocycles. The second-order valence-corrected chi connectivity index (χ2v) is 18.2. The molecule has 0 N–H and O–H groups in total. The van der Waals surface area contributed by atoms with Crippen LogP contribution in [0.4, 0.5) is 34.1 Å². The van der Waals surface area contributed by atoms with Crippen molar-refractivity contribution in [3.63, 3.8) is 0 Å². The number of benzene rings is 7. The van der Waals surface area contributed by atoms with Crippen LogP contribution >= 0.6 is 0 Å². The Bertz CT molecular complexity index is 2510. The van der Waals surface area contributed by atoms with Crippen molar-refractivity contribution in [2.24, 2.45) is 0 Å². The summed E-state index contributed by atoms with van der Waals surface area (Å²) in [4.78, 5) is 4.85. The topological polar surface area (TPSA) is 6.48 Å². The third-order valence-corrected chi connectivity index (χ3v) is 14.2. The van der Waals surface area contributed by atoms with Gasteiger partial charge in [0.25, 0.3) is 0 Å². The molecule has 9 rings (SSSR count). The SMILES string of the molecule is CCCCCC(CC)(c1ccc(N(c2ccccc2)c2ccc(C3CCCCC3)cc2)cc1)c1ccc(N(c2ccccc2)c2ccc3c(c2)C(C)(C)c2ccccc2-3)cc1. The molecule has 0 spiro atoms. The molecule has 0 aromatic heterocycles. The third-order valence-electron chi connectivity index (χ3n) is 14.2. The summed E-state index contributed by atoms with van der Waals surface area (Å²) >= 11 is 0. The van der Waals surface area contributed by atoms with Crippen LogP contribution in [0, 0.1) is 0 Å². The van der Waals surface area contributed by atoms with E-state index >= 15 is 0 Å². The lowest BCUT2D eigenvalue weighted by Crippen LogP contribution is -2.27. The van der Waals surface area contributed by atoms with E-state index in [4.69, 9.17) is 0 Å². The fourth-order valence-electron chi connectivity index (χ4n) is 10.8. The zero-order valence-corrected chi connectivity index (χ0v) is 36.8. The highest BCUT2D eigenvalue weighted by Gasteiger charge is 2.36. The number of anilines is 6. The summed E-state index contributed by atoms with van der Waals surface area (Å²) in [6.07, 6.45) is 12.5. The minimum absolute atomic E-state index is 0.0692. The number of fused-ring (bicyclic) bond motifs is 3. The maximum atomic E-state index is 2.43. The monoisotopic (exact) mass is 798 g/mol. The zero-order chi connectivity index (χ0) is 41.8. The van der Waals surface area contributed by atoms with Crippen molar-refractivity contribution in [1.82, 2.24) is 0 Å². The smallest absolute Gasteiger partial charge is 0.0465 e. The van der Waals surface area contributed by atoms with Gasteiger partial charge in [-0.1, -0.05) is 169 Å². The molecule has 1 atom stereocenters. The Balaban J connectivity index is 1.07. The highest BCUT2D eigenvalue weighted by Crippen LogP contribution is 2.51. The first-order valence-electron chi connectivity index (χ1n) is 23.2. The minimum atomic E-state index is -0.105. The van der Waals surface area contributed by atoms with E-state index in [1.54, 1.807) is 0 Å². The molecule has 7 aromatic rings. The molecule has 308 valence electrons. The number of hydrogen-bond donors (Lipinski definition) is 0. The maximum absolute atomic E-state index is 2.43. The molecule has 7 aromatic carbocycles. The summed E-state index contributed by atoms with van der Waals surface area (Å²) in [5.74, 6) is 0.697. The molecular weight excluding hydrogens is 737 g/mol. The van der Waals surface area contributed by atoms with Crippen molar-refractivity contribution in [2.75, 3.05) is 9.80 Å². The fraction of sp³-hybridized carbons (Fsp3) is 0.288. The number of hydrogen-bond acceptors (Lipinski definition) is 2. The Hall–Kier alpha value is -5.86. The second kappa shape index (κ2) is 17.6. The third kappa shape index (κ3) is 7.83. The van der Waals surface area contributed by atoms with Crippen LogP contribution in [0.25, 0.3) is 11.1 Å². The van der Waals surface area contributed by atoms with Crippen LogP contribution in [-0.4, -0.2) is 0 Å². The average molecular weight is 799 g/mol. The molecule has 2 aliphatic rings. The van der Waals surface area contributed by atoms with Gasteiger partial charge in [0.05, 0.1) is 0 Å². The van der Waals surface area contributed by atoms with Crippen molar-refractivity contribution in [2.45, 2.75) is 109 Å². The molecule has 1 unspecified atom stereocenters. The van der Waals surface area contributed by atoms with Gasteiger partial charge in [-0.2, -0.15) is 0 Å². The molecule has 1 fully saturated rings. The van der Waals surface area contributed by atoms with E-state index in [1.165, 1.54) is 119 Å². The van der Waals surface area contributed by atoms with Gasteiger partial charge in [0, 0.05) is 45.0 Å². The van der Waals surface area contributed by atoms with Crippen molar-refractivity contribution in [3.05, 3.63) is 204 Å². The van der Waals surface area contributed by atoms with Gasteiger partial charge in [-0.3, -0.25) is 0 Å². The van der Waals surface area contributed by atoms with Crippen LogP contribution in [0.3, 0.4) is 0 Å². The maximum Gasteiger partial charge on any atom is 0.0465 e. The molecule has 0 aliphatic heterocycles. The zero-order valence-electron chi connectivity index (χ0n) is 36.8. The molecule has 2 heteroatoms. The standard InChI is InChI=1S/C59H62N2/c1-5-7-19-42-59(6-2,46-30-36-51(37-31-46)60(48-22-13-9-14-23-48)50-34-28-45(29-35-50)44-20-11-8-12-21-44)47-32-38-52(39-33-47)61(49-24-15-10-16-25-49)53-40-41-55-54-26-17-18-27-56(54)58(3,4)57(55)43-53/h9-10,13-18,22-41,43-44H,5-8,11-12,19-21,42H2,1-4H3. The minimum Gasteiger partial charge on any atom is -0.311 e. The van der Waals surface area contributed by atoms with Crippen LogP contribution in [0.1, 0.15) is 126 Å². The van der Waals surface area contributed by atoms with Gasteiger partial charge in [0.15, 0.2) is 0 Å². The van der Waals surface area contributed by atoms with Crippen molar-refractivity contribution in [1.29, 1.82) is 0 Å². The van der Waals surface area contributed by atoms with Crippen LogP contribution in [0.2, 0.25) is 0 Å². The molecule has 2 aliphatic carbocycles. The number of nitrogens with zero attached hydrogens (tertiary/aromatic N) is 2. The second-order valence-electron chi connectivity index (χ2n) is 18.2. The summed E-state index contributed by atoms with van der Waals surface area (Å²) in [5, 5.41) is 0. The van der Waals surface area contributed by atoms with Gasteiger partial charge in [-0.25, -0.2) is 0 Å². The predicted molar refractivity (Wildman–Crippen MR) is 261 cm³/mol. The van der Waals surface area contributed by atoms with Crippen molar-refractivity contribution < 1.29 is 0 Å². The summed E-state index contributed by atoms with van der Waals surface area (Å²) in [7, 11) is 0. The van der Waals surface area contributed by atoms with Gasteiger partial charge in [0.2, 0.25) is 0 Å². The van der Waals surface area contributed by atoms with Crippen LogP contribution < -0.4 is 9.80 Å². The van der Waals surface area contributed by atoms with Gasteiger partial charge < -0.3 is 9.80 Å². The summed E-state index contributed by atoms with van der Waals surface area (Å²) in [5.41, 5.74) is 16.7. The average Bonchev–Trinajstić information content (AvgIpc) is 3.55. The first-order valence-corrected chi connectivity index (χ1v) is 23.2. The molecule has 0 heterocycles. The molecular formula is C59H62N2. The van der Waals surface area contributed by atoms with E-state index in [0.29, 0.717) is 5.92 Å². The Morgan fingerprint density at radius 3 is 1.51 bits per heavy atom. The lowest BCUT2D eigenvalue weighted by Gasteiger charge is -2.36. The van der Waals surface area contributed by atoms with Crippen molar-refractivity contribution in [3.8, 4) is 11.1 Å². The van der Waals surface area contributed by atoms with Gasteiger partial charge in [-0.05, 0) is 143 Å². The van der Waals surface area contributed by atoms with E-state index < -0.39 is 0 Å². The highest BCUT2D eigenvalue weighted by atomic mass is 15.1. The number of para-hydroxylation sites is 2. The predicted octanol–water partition coefficient (Wildman–Crippen LogP) is 17.3. The Labute approximate surface area is 365 Å².